The number of aryl methyl sites for hydroxylation is 3. The van der Waals surface area contributed by atoms with Crippen LogP contribution in [0.15, 0.2) is 42.5 Å². The summed E-state index contributed by atoms with van der Waals surface area (Å²) < 4.78 is 0. The third kappa shape index (κ3) is 3.02. The molecule has 0 spiro atoms. The zero-order chi connectivity index (χ0) is 14.7. The molecular weight excluding hydrogens is 244 g/mol. The molecule has 1 unspecified atom stereocenters. The van der Waals surface area contributed by atoms with Crippen LogP contribution in [0.2, 0.25) is 0 Å². The molecule has 2 heteroatoms. The van der Waals surface area contributed by atoms with E-state index in [1.54, 1.807) is 0 Å². The Morgan fingerprint density at radius 2 is 1.60 bits per heavy atom. The van der Waals surface area contributed by atoms with Gasteiger partial charge in [0.2, 0.25) is 0 Å². The van der Waals surface area contributed by atoms with Crippen LogP contribution in [0, 0.1) is 20.8 Å². The van der Waals surface area contributed by atoms with Gasteiger partial charge in [0.05, 0.1) is 6.04 Å². The minimum Gasteiger partial charge on any atom is -0.366 e. The highest BCUT2D eigenvalue weighted by Gasteiger charge is 2.17. The molecule has 0 bridgehead atoms. The van der Waals surface area contributed by atoms with Gasteiger partial charge in [-0.1, -0.05) is 30.3 Å². The molecule has 2 N–H and O–H groups in total. The number of hydrogen-bond acceptors (Lipinski definition) is 2. The molecule has 2 aromatic rings. The summed E-state index contributed by atoms with van der Waals surface area (Å²) in [4.78, 5) is 2.28. The number of nitrogens with two attached hydrogens (primary N) is 1. The van der Waals surface area contributed by atoms with Crippen LogP contribution in [0.3, 0.4) is 0 Å². The van der Waals surface area contributed by atoms with Crippen LogP contribution in [0.4, 0.5) is 5.69 Å². The van der Waals surface area contributed by atoms with E-state index in [-0.39, 0.29) is 6.04 Å². The van der Waals surface area contributed by atoms with Gasteiger partial charge in [-0.3, -0.25) is 0 Å². The van der Waals surface area contributed by atoms with E-state index in [4.69, 9.17) is 5.73 Å². The number of anilines is 1. The lowest BCUT2D eigenvalue weighted by molar-refractivity contribution is 0.676. The maximum absolute atomic E-state index is 6.05. The summed E-state index contributed by atoms with van der Waals surface area (Å²) in [5.41, 5.74) is 12.4. The average Bonchev–Trinajstić information content (AvgIpc) is 2.40. The molecule has 0 saturated heterocycles. The topological polar surface area (TPSA) is 29.3 Å². The third-order valence-corrected chi connectivity index (χ3v) is 3.85. The van der Waals surface area contributed by atoms with Crippen LogP contribution in [0.25, 0.3) is 0 Å². The maximum atomic E-state index is 6.05. The monoisotopic (exact) mass is 268 g/mol. The zero-order valence-electron chi connectivity index (χ0n) is 12.9. The summed E-state index contributed by atoms with van der Waals surface area (Å²) in [5.74, 6) is 0. The Bertz CT molecular complexity index is 569. The average molecular weight is 268 g/mol. The minimum absolute atomic E-state index is 0.206. The SMILES string of the molecule is Cc1cc(C)cc(N(C)C(CN)c2ccccc2C)c1. The quantitative estimate of drug-likeness (QED) is 0.915. The molecular formula is C18H24N2. The Morgan fingerprint density at radius 1 is 1.00 bits per heavy atom. The van der Waals surface area contributed by atoms with Gasteiger partial charge in [-0.2, -0.15) is 0 Å². The van der Waals surface area contributed by atoms with E-state index in [2.05, 4.69) is 75.2 Å². The fourth-order valence-electron chi connectivity index (χ4n) is 2.79. The van der Waals surface area contributed by atoms with Crippen molar-refractivity contribution in [3.05, 3.63) is 64.7 Å². The number of likely N-dealkylation sites (N-methyl/N-ethyl adjacent to an activating group) is 1. The molecule has 0 radical (unpaired) electrons. The fraction of sp³-hybridized carbons (Fsp3) is 0.333. The molecule has 0 aliphatic carbocycles. The highest BCUT2D eigenvalue weighted by molar-refractivity contribution is 5.53. The Kier molecular flexibility index (Phi) is 4.46. The fourth-order valence-corrected chi connectivity index (χ4v) is 2.79. The van der Waals surface area contributed by atoms with Gasteiger partial charge in [0.1, 0.15) is 0 Å². The zero-order valence-corrected chi connectivity index (χ0v) is 12.9. The molecule has 0 aliphatic heterocycles. The van der Waals surface area contributed by atoms with Gasteiger partial charge in [-0.25, -0.2) is 0 Å². The van der Waals surface area contributed by atoms with Crippen molar-refractivity contribution in [1.82, 2.24) is 0 Å². The number of rotatable bonds is 4. The normalized spacial score (nSPS) is 12.2. The first-order chi connectivity index (χ1) is 9.52. The van der Waals surface area contributed by atoms with Crippen molar-refractivity contribution in [2.75, 3.05) is 18.5 Å². The first-order valence-corrected chi connectivity index (χ1v) is 7.09. The Hall–Kier alpha value is -1.80. The first kappa shape index (κ1) is 14.6. The van der Waals surface area contributed by atoms with E-state index in [1.807, 2.05) is 0 Å². The van der Waals surface area contributed by atoms with E-state index in [0.29, 0.717) is 6.54 Å². The van der Waals surface area contributed by atoms with Gasteiger partial charge in [-0.15, -0.1) is 0 Å². The highest BCUT2D eigenvalue weighted by Crippen LogP contribution is 2.28. The third-order valence-electron chi connectivity index (χ3n) is 3.85. The van der Waals surface area contributed by atoms with Crippen molar-refractivity contribution in [3.8, 4) is 0 Å². The Morgan fingerprint density at radius 3 is 2.15 bits per heavy atom. The van der Waals surface area contributed by atoms with Gasteiger partial charge < -0.3 is 10.6 Å². The lowest BCUT2D eigenvalue weighted by atomic mass is 9.99. The molecule has 2 aromatic carbocycles. The Balaban J connectivity index is 2.39. The number of benzene rings is 2. The van der Waals surface area contributed by atoms with Crippen molar-refractivity contribution in [2.45, 2.75) is 26.8 Å². The van der Waals surface area contributed by atoms with E-state index in [1.165, 1.54) is 27.9 Å². The molecule has 0 saturated carbocycles. The summed E-state index contributed by atoms with van der Waals surface area (Å²) in [5, 5.41) is 0. The van der Waals surface area contributed by atoms with E-state index >= 15 is 0 Å². The summed E-state index contributed by atoms with van der Waals surface area (Å²) in [6.45, 7) is 7.02. The van der Waals surface area contributed by atoms with E-state index in [0.717, 1.165) is 0 Å². The largest absolute Gasteiger partial charge is 0.366 e. The van der Waals surface area contributed by atoms with Gasteiger partial charge in [0.25, 0.3) is 0 Å². The van der Waals surface area contributed by atoms with Gasteiger partial charge in [-0.05, 0) is 55.2 Å². The second-order valence-electron chi connectivity index (χ2n) is 5.56. The second kappa shape index (κ2) is 6.10. The van der Waals surface area contributed by atoms with Gasteiger partial charge >= 0.3 is 0 Å². The van der Waals surface area contributed by atoms with Crippen LogP contribution in [0.5, 0.6) is 0 Å². The lowest BCUT2D eigenvalue weighted by Gasteiger charge is -2.31. The van der Waals surface area contributed by atoms with Crippen molar-refractivity contribution in [1.29, 1.82) is 0 Å². The molecule has 0 aromatic heterocycles. The molecule has 0 aliphatic rings. The molecule has 2 rings (SSSR count). The van der Waals surface area contributed by atoms with Crippen molar-refractivity contribution in [2.24, 2.45) is 5.73 Å². The predicted octanol–water partition coefficient (Wildman–Crippen LogP) is 3.75. The van der Waals surface area contributed by atoms with E-state index in [9.17, 15) is 0 Å². The van der Waals surface area contributed by atoms with Crippen LogP contribution in [0.1, 0.15) is 28.3 Å². The summed E-state index contributed by atoms with van der Waals surface area (Å²) in [6.07, 6.45) is 0. The van der Waals surface area contributed by atoms with Crippen LogP contribution in [-0.2, 0) is 0 Å². The van der Waals surface area contributed by atoms with Crippen LogP contribution < -0.4 is 10.6 Å². The molecule has 0 fully saturated rings. The van der Waals surface area contributed by atoms with Crippen molar-refractivity contribution < 1.29 is 0 Å². The number of hydrogen-bond donors (Lipinski definition) is 1. The molecule has 20 heavy (non-hydrogen) atoms. The van der Waals surface area contributed by atoms with Crippen molar-refractivity contribution in [3.63, 3.8) is 0 Å². The van der Waals surface area contributed by atoms with Gasteiger partial charge in [0, 0.05) is 19.3 Å². The summed E-state index contributed by atoms with van der Waals surface area (Å²) in [6, 6.07) is 15.3. The molecule has 0 amide bonds. The summed E-state index contributed by atoms with van der Waals surface area (Å²) >= 11 is 0. The predicted molar refractivity (Wildman–Crippen MR) is 87.3 cm³/mol. The first-order valence-electron chi connectivity index (χ1n) is 7.09. The smallest absolute Gasteiger partial charge is 0.0664 e. The molecule has 106 valence electrons. The maximum Gasteiger partial charge on any atom is 0.0664 e. The van der Waals surface area contributed by atoms with Gasteiger partial charge in [0.15, 0.2) is 0 Å². The standard InChI is InChI=1S/C18H24N2/c1-13-9-14(2)11-16(10-13)20(4)18(12-19)17-8-6-5-7-15(17)3/h5-11,18H,12,19H2,1-4H3. The molecule has 1 atom stereocenters. The highest BCUT2D eigenvalue weighted by atomic mass is 15.1. The van der Waals surface area contributed by atoms with Crippen LogP contribution >= 0.6 is 0 Å². The summed E-state index contributed by atoms with van der Waals surface area (Å²) in [7, 11) is 2.12. The van der Waals surface area contributed by atoms with Crippen LogP contribution in [-0.4, -0.2) is 13.6 Å². The molecule has 2 nitrogen and oxygen atoms in total. The lowest BCUT2D eigenvalue weighted by Crippen LogP contribution is -2.31. The number of nitrogens with zero attached hydrogens (tertiary/aromatic N) is 1. The minimum atomic E-state index is 0.206. The van der Waals surface area contributed by atoms with E-state index < -0.39 is 0 Å². The van der Waals surface area contributed by atoms with Crippen molar-refractivity contribution >= 4 is 5.69 Å². The second-order valence-corrected chi connectivity index (χ2v) is 5.56. The molecule has 0 heterocycles. The Labute approximate surface area is 122 Å².